The zero-order chi connectivity index (χ0) is 18.4. The summed E-state index contributed by atoms with van der Waals surface area (Å²) in [5.74, 6) is 0. The quantitative estimate of drug-likeness (QED) is 0.661. The first-order valence-corrected chi connectivity index (χ1v) is 9.35. The topological polar surface area (TPSA) is 23.4 Å². The molecule has 0 atom stereocenters. The van der Waals surface area contributed by atoms with E-state index in [2.05, 4.69) is 93.1 Å². The maximum Gasteiger partial charge on any atom is 0.512 e. The van der Waals surface area contributed by atoms with Crippen LogP contribution in [0.4, 0.5) is 0 Å². The normalized spacial score (nSPS) is 18.5. The first-order chi connectivity index (χ1) is 12.4. The molecule has 1 fully saturated rings. The first kappa shape index (κ1) is 17.4. The molecule has 0 amide bonds. The average molecular weight is 347 g/mol. The highest BCUT2D eigenvalue weighted by Gasteiger charge is 2.53. The van der Waals surface area contributed by atoms with Crippen LogP contribution in [0.1, 0.15) is 33.3 Å². The van der Waals surface area contributed by atoms with Gasteiger partial charge in [-0.3, -0.25) is 0 Å². The highest BCUT2D eigenvalue weighted by atomic mass is 16.7. The Morgan fingerprint density at radius 2 is 1.46 bits per heavy atom. The molecule has 1 aliphatic rings. The summed E-state index contributed by atoms with van der Waals surface area (Å²) in [7, 11) is -0.351. The van der Waals surface area contributed by atoms with Gasteiger partial charge in [0.05, 0.1) is 16.8 Å². The summed E-state index contributed by atoms with van der Waals surface area (Å²) in [6, 6.07) is 19.1. The molecule has 0 N–H and O–H groups in total. The SMILES string of the molecule is CC1(C)OB(c2c3ccccc3cn2CCc2ccccc2)OC1(C)C. The molecule has 4 heteroatoms. The molecule has 0 bridgehead atoms. The van der Waals surface area contributed by atoms with Gasteiger partial charge in [0.25, 0.3) is 0 Å². The summed E-state index contributed by atoms with van der Waals surface area (Å²) in [5, 5.41) is 2.43. The minimum Gasteiger partial charge on any atom is -0.398 e. The lowest BCUT2D eigenvalue weighted by atomic mass is 9.82. The van der Waals surface area contributed by atoms with Crippen LogP contribution in [0, 0.1) is 0 Å². The van der Waals surface area contributed by atoms with Gasteiger partial charge in [0, 0.05) is 12.7 Å². The van der Waals surface area contributed by atoms with Crippen LogP contribution in [0.2, 0.25) is 0 Å². The van der Waals surface area contributed by atoms with Crippen LogP contribution in [0.5, 0.6) is 0 Å². The number of fused-ring (bicyclic) bond motifs is 1. The van der Waals surface area contributed by atoms with E-state index >= 15 is 0 Å². The van der Waals surface area contributed by atoms with Gasteiger partial charge < -0.3 is 13.9 Å². The number of aromatic nitrogens is 1. The number of aryl methyl sites for hydroxylation is 2. The van der Waals surface area contributed by atoms with Gasteiger partial charge in [-0.2, -0.15) is 0 Å². The third kappa shape index (κ3) is 2.98. The molecule has 4 rings (SSSR count). The number of hydrogen-bond acceptors (Lipinski definition) is 2. The van der Waals surface area contributed by atoms with E-state index in [1.165, 1.54) is 16.3 Å². The maximum atomic E-state index is 6.37. The Labute approximate surface area is 156 Å². The summed E-state index contributed by atoms with van der Waals surface area (Å²) in [5.41, 5.74) is 1.78. The molecule has 0 unspecified atom stereocenters. The van der Waals surface area contributed by atoms with Crippen molar-refractivity contribution < 1.29 is 9.31 Å². The second-order valence-electron chi connectivity index (χ2n) is 8.12. The lowest BCUT2D eigenvalue weighted by molar-refractivity contribution is 0.00578. The van der Waals surface area contributed by atoms with Crippen molar-refractivity contribution >= 4 is 23.5 Å². The molecule has 1 saturated heterocycles. The van der Waals surface area contributed by atoms with Crippen molar-refractivity contribution in [2.24, 2.45) is 0 Å². The van der Waals surface area contributed by atoms with Crippen molar-refractivity contribution in [3.63, 3.8) is 0 Å². The molecule has 2 heterocycles. The second kappa shape index (κ2) is 6.29. The van der Waals surface area contributed by atoms with Gasteiger partial charge in [-0.1, -0.05) is 54.6 Å². The smallest absolute Gasteiger partial charge is 0.398 e. The van der Waals surface area contributed by atoms with Gasteiger partial charge in [0.15, 0.2) is 0 Å². The van der Waals surface area contributed by atoms with E-state index < -0.39 is 0 Å². The molecule has 1 aliphatic heterocycles. The number of benzene rings is 2. The highest BCUT2D eigenvalue weighted by Crippen LogP contribution is 2.37. The van der Waals surface area contributed by atoms with Gasteiger partial charge in [0.1, 0.15) is 0 Å². The van der Waals surface area contributed by atoms with E-state index in [-0.39, 0.29) is 18.3 Å². The number of nitrogens with zero attached hydrogens (tertiary/aromatic N) is 1. The molecular weight excluding hydrogens is 321 g/mol. The van der Waals surface area contributed by atoms with E-state index in [0.29, 0.717) is 0 Å². The Kier molecular flexibility index (Phi) is 4.21. The van der Waals surface area contributed by atoms with E-state index in [4.69, 9.17) is 9.31 Å². The fourth-order valence-corrected chi connectivity index (χ4v) is 3.53. The fraction of sp³-hybridized carbons (Fsp3) is 0.364. The molecular formula is C22H26BNO2. The summed E-state index contributed by atoms with van der Waals surface area (Å²) >= 11 is 0. The van der Waals surface area contributed by atoms with Crippen molar-refractivity contribution in [2.45, 2.75) is 51.9 Å². The van der Waals surface area contributed by atoms with Gasteiger partial charge in [-0.25, -0.2) is 0 Å². The molecule has 0 saturated carbocycles. The van der Waals surface area contributed by atoms with Gasteiger partial charge in [-0.05, 0) is 50.5 Å². The lowest BCUT2D eigenvalue weighted by Gasteiger charge is -2.32. The third-order valence-corrected chi connectivity index (χ3v) is 5.80. The minimum atomic E-state index is -0.351. The minimum absolute atomic E-state index is 0.340. The Bertz CT molecular complexity index is 898. The van der Waals surface area contributed by atoms with Crippen LogP contribution in [0.3, 0.4) is 0 Å². The number of hydrogen-bond donors (Lipinski definition) is 0. The number of rotatable bonds is 4. The molecule has 3 aromatic rings. The highest BCUT2D eigenvalue weighted by molar-refractivity contribution is 6.64. The first-order valence-electron chi connectivity index (χ1n) is 9.35. The molecule has 26 heavy (non-hydrogen) atoms. The van der Waals surface area contributed by atoms with Crippen molar-refractivity contribution in [2.75, 3.05) is 0 Å². The predicted octanol–water partition coefficient (Wildman–Crippen LogP) is 4.18. The van der Waals surface area contributed by atoms with Crippen molar-refractivity contribution in [1.29, 1.82) is 0 Å². The van der Waals surface area contributed by atoms with Crippen molar-refractivity contribution in [3.05, 3.63) is 66.4 Å². The summed E-state index contributed by atoms with van der Waals surface area (Å²) in [6.07, 6.45) is 3.20. The Morgan fingerprint density at radius 3 is 2.15 bits per heavy atom. The zero-order valence-electron chi connectivity index (χ0n) is 16.0. The predicted molar refractivity (Wildman–Crippen MR) is 108 cm³/mol. The molecule has 3 nitrogen and oxygen atoms in total. The summed E-state index contributed by atoms with van der Waals surface area (Å²) < 4.78 is 15.0. The van der Waals surface area contributed by atoms with E-state index in [0.717, 1.165) is 18.6 Å². The van der Waals surface area contributed by atoms with E-state index in [1.807, 2.05) is 0 Å². The second-order valence-corrected chi connectivity index (χ2v) is 8.12. The Morgan fingerprint density at radius 1 is 0.846 bits per heavy atom. The fourth-order valence-electron chi connectivity index (χ4n) is 3.53. The van der Waals surface area contributed by atoms with Crippen molar-refractivity contribution in [3.8, 4) is 0 Å². The standard InChI is InChI=1S/C22H26BNO2/c1-21(2)22(3,4)26-23(25-21)20-19-13-9-8-12-18(19)16-24(20)15-14-17-10-6-5-7-11-17/h5-13,16H,14-15H2,1-4H3. The van der Waals surface area contributed by atoms with Crippen LogP contribution < -0.4 is 5.59 Å². The van der Waals surface area contributed by atoms with Crippen LogP contribution in [-0.4, -0.2) is 22.9 Å². The molecule has 1 aromatic heterocycles. The average Bonchev–Trinajstić information content (AvgIpc) is 3.07. The molecule has 134 valence electrons. The monoisotopic (exact) mass is 347 g/mol. The van der Waals surface area contributed by atoms with Crippen LogP contribution in [0.15, 0.2) is 60.8 Å². The van der Waals surface area contributed by atoms with E-state index in [1.54, 1.807) is 0 Å². The van der Waals surface area contributed by atoms with Crippen LogP contribution >= 0.6 is 0 Å². The van der Waals surface area contributed by atoms with Gasteiger partial charge in [-0.15, -0.1) is 0 Å². The largest absolute Gasteiger partial charge is 0.512 e. The van der Waals surface area contributed by atoms with Gasteiger partial charge in [0.2, 0.25) is 0 Å². The van der Waals surface area contributed by atoms with E-state index in [9.17, 15) is 0 Å². The van der Waals surface area contributed by atoms with Gasteiger partial charge >= 0.3 is 7.12 Å². The third-order valence-electron chi connectivity index (χ3n) is 5.80. The van der Waals surface area contributed by atoms with Crippen molar-refractivity contribution in [1.82, 2.24) is 4.57 Å². The Hall–Kier alpha value is -2.04. The summed E-state index contributed by atoms with van der Waals surface area (Å²) in [6.45, 7) is 9.32. The maximum absolute atomic E-state index is 6.37. The molecule has 0 radical (unpaired) electrons. The van der Waals surface area contributed by atoms with Crippen LogP contribution in [-0.2, 0) is 22.3 Å². The zero-order valence-corrected chi connectivity index (χ0v) is 16.0. The molecule has 2 aromatic carbocycles. The van der Waals surface area contributed by atoms with Crippen LogP contribution in [0.25, 0.3) is 10.8 Å². The molecule has 0 spiro atoms. The molecule has 0 aliphatic carbocycles. The Balaban J connectivity index is 1.71. The lowest BCUT2D eigenvalue weighted by Crippen LogP contribution is -2.41. The summed E-state index contributed by atoms with van der Waals surface area (Å²) in [4.78, 5) is 0.